The van der Waals surface area contributed by atoms with E-state index in [1.54, 1.807) is 6.07 Å². The van der Waals surface area contributed by atoms with Crippen LogP contribution in [0.3, 0.4) is 0 Å². The molecule has 2 heterocycles. The Balaban J connectivity index is 1.96. The first-order chi connectivity index (χ1) is 10.0. The van der Waals surface area contributed by atoms with Gasteiger partial charge in [0.2, 0.25) is 0 Å². The molecule has 1 aliphatic heterocycles. The number of nitrogens with one attached hydrogen (secondary N) is 1. The molecule has 1 aromatic heterocycles. The van der Waals surface area contributed by atoms with E-state index in [0.717, 1.165) is 30.6 Å². The first-order valence-electron chi connectivity index (χ1n) is 7.53. The number of ether oxygens (including phenoxy) is 1. The van der Waals surface area contributed by atoms with Gasteiger partial charge in [-0.3, -0.25) is 0 Å². The maximum absolute atomic E-state index is 11.8. The summed E-state index contributed by atoms with van der Waals surface area (Å²) in [7, 11) is 0. The van der Waals surface area contributed by atoms with E-state index in [9.17, 15) is 4.79 Å². The minimum Gasteiger partial charge on any atom is -0.423 e. The van der Waals surface area contributed by atoms with Crippen molar-refractivity contribution >= 4 is 11.0 Å². The molecule has 1 N–H and O–H groups in total. The lowest BCUT2D eigenvalue weighted by atomic mass is 10.1. The fourth-order valence-electron chi connectivity index (χ4n) is 3.29. The fourth-order valence-corrected chi connectivity index (χ4v) is 3.29. The number of aryl methyl sites for hydroxylation is 1. The third-order valence-corrected chi connectivity index (χ3v) is 4.04. The second-order valence-electron chi connectivity index (χ2n) is 6.18. The molecular weight excluding hydrogens is 266 g/mol. The van der Waals surface area contributed by atoms with Crippen LogP contribution in [-0.2, 0) is 11.3 Å². The van der Waals surface area contributed by atoms with Crippen LogP contribution in [0.25, 0.3) is 11.0 Å². The highest BCUT2D eigenvalue weighted by atomic mass is 16.5. The van der Waals surface area contributed by atoms with Crippen LogP contribution >= 0.6 is 0 Å². The molecular formula is C17H22NO3+. The molecule has 1 aromatic carbocycles. The SMILES string of the molecule is Cc1ccc2oc(=O)cc(C[NH+]3C[C@@H](C)O[C@H](C)C3)c2c1. The Morgan fingerprint density at radius 2 is 1.90 bits per heavy atom. The first-order valence-corrected chi connectivity index (χ1v) is 7.53. The van der Waals surface area contributed by atoms with Crippen molar-refractivity contribution in [1.82, 2.24) is 0 Å². The highest BCUT2D eigenvalue weighted by molar-refractivity contribution is 5.80. The van der Waals surface area contributed by atoms with Crippen molar-refractivity contribution < 1.29 is 14.1 Å². The highest BCUT2D eigenvalue weighted by Gasteiger charge is 2.26. The van der Waals surface area contributed by atoms with Crippen LogP contribution in [0.15, 0.2) is 33.5 Å². The van der Waals surface area contributed by atoms with Crippen molar-refractivity contribution in [2.75, 3.05) is 13.1 Å². The summed E-state index contributed by atoms with van der Waals surface area (Å²) in [4.78, 5) is 13.2. The zero-order chi connectivity index (χ0) is 15.0. The minimum absolute atomic E-state index is 0.261. The molecule has 0 amide bonds. The van der Waals surface area contributed by atoms with Crippen LogP contribution in [0.4, 0.5) is 0 Å². The Labute approximate surface area is 124 Å². The van der Waals surface area contributed by atoms with Gasteiger partial charge in [0.15, 0.2) is 0 Å². The standard InChI is InChI=1S/C17H21NO3/c1-11-4-5-16-15(6-11)14(7-17(19)21-16)10-18-8-12(2)20-13(3)9-18/h4-7,12-13H,8-10H2,1-3H3/p+1/t12-,13-/m1/s1. The number of hydrogen-bond acceptors (Lipinski definition) is 3. The van der Waals surface area contributed by atoms with Gasteiger partial charge in [0.05, 0.1) is 0 Å². The number of benzene rings is 1. The van der Waals surface area contributed by atoms with Crippen molar-refractivity contribution in [3.05, 3.63) is 45.8 Å². The van der Waals surface area contributed by atoms with Gasteiger partial charge in [-0.15, -0.1) is 0 Å². The third-order valence-electron chi connectivity index (χ3n) is 4.04. The van der Waals surface area contributed by atoms with Gasteiger partial charge in [-0.2, -0.15) is 0 Å². The molecule has 0 saturated carbocycles. The van der Waals surface area contributed by atoms with Gasteiger partial charge in [-0.1, -0.05) is 11.6 Å². The van der Waals surface area contributed by atoms with Crippen molar-refractivity contribution in [2.24, 2.45) is 0 Å². The second-order valence-corrected chi connectivity index (χ2v) is 6.18. The third kappa shape index (κ3) is 3.17. The van der Waals surface area contributed by atoms with E-state index in [4.69, 9.17) is 9.15 Å². The van der Waals surface area contributed by atoms with E-state index < -0.39 is 0 Å². The maximum Gasteiger partial charge on any atom is 0.336 e. The zero-order valence-corrected chi connectivity index (χ0v) is 12.8. The molecule has 0 spiro atoms. The summed E-state index contributed by atoms with van der Waals surface area (Å²) < 4.78 is 11.1. The van der Waals surface area contributed by atoms with E-state index in [1.165, 1.54) is 10.5 Å². The van der Waals surface area contributed by atoms with Gasteiger partial charge in [0.25, 0.3) is 0 Å². The molecule has 0 unspecified atom stereocenters. The van der Waals surface area contributed by atoms with E-state index in [1.807, 2.05) is 12.1 Å². The van der Waals surface area contributed by atoms with Crippen molar-refractivity contribution in [1.29, 1.82) is 0 Å². The predicted octanol–water partition coefficient (Wildman–Crippen LogP) is 1.29. The highest BCUT2D eigenvalue weighted by Crippen LogP contribution is 2.18. The quantitative estimate of drug-likeness (QED) is 0.847. The van der Waals surface area contributed by atoms with Crippen molar-refractivity contribution in [3.8, 4) is 0 Å². The van der Waals surface area contributed by atoms with E-state index in [0.29, 0.717) is 5.58 Å². The molecule has 4 heteroatoms. The summed E-state index contributed by atoms with van der Waals surface area (Å²) in [5.41, 5.74) is 2.66. The number of fused-ring (bicyclic) bond motifs is 1. The van der Waals surface area contributed by atoms with Crippen molar-refractivity contribution in [2.45, 2.75) is 39.5 Å². The number of quaternary nitrogens is 1. The van der Waals surface area contributed by atoms with Gasteiger partial charge in [-0.05, 0) is 32.9 Å². The van der Waals surface area contributed by atoms with E-state index in [2.05, 4.69) is 26.8 Å². The zero-order valence-electron chi connectivity index (χ0n) is 12.8. The molecule has 0 aliphatic carbocycles. The molecule has 2 atom stereocenters. The Bertz CT molecular complexity index is 697. The molecule has 2 aromatic rings. The number of rotatable bonds is 2. The summed E-state index contributed by atoms with van der Waals surface area (Å²) in [6.45, 7) is 9.05. The normalized spacial score (nSPS) is 26.1. The largest absolute Gasteiger partial charge is 0.423 e. The Kier molecular flexibility index (Phi) is 3.83. The first kappa shape index (κ1) is 14.3. The summed E-state index contributed by atoms with van der Waals surface area (Å²) >= 11 is 0. The van der Waals surface area contributed by atoms with Crippen LogP contribution in [0.2, 0.25) is 0 Å². The van der Waals surface area contributed by atoms with Crippen LogP contribution in [0, 0.1) is 6.92 Å². The number of hydrogen-bond donors (Lipinski definition) is 1. The van der Waals surface area contributed by atoms with Crippen LogP contribution in [-0.4, -0.2) is 25.3 Å². The molecule has 21 heavy (non-hydrogen) atoms. The summed E-state index contributed by atoms with van der Waals surface area (Å²) in [6, 6.07) is 7.59. The molecule has 4 nitrogen and oxygen atoms in total. The number of morpholine rings is 1. The van der Waals surface area contributed by atoms with Crippen LogP contribution in [0.5, 0.6) is 0 Å². The smallest absolute Gasteiger partial charge is 0.336 e. The molecule has 0 radical (unpaired) electrons. The summed E-state index contributed by atoms with van der Waals surface area (Å²) in [6.07, 6.45) is 0.522. The monoisotopic (exact) mass is 288 g/mol. The molecule has 1 aliphatic rings. The van der Waals surface area contributed by atoms with Crippen LogP contribution in [0.1, 0.15) is 25.0 Å². The van der Waals surface area contributed by atoms with Crippen molar-refractivity contribution in [3.63, 3.8) is 0 Å². The lowest BCUT2D eigenvalue weighted by molar-refractivity contribution is -0.928. The minimum atomic E-state index is -0.268. The van der Waals surface area contributed by atoms with Crippen LogP contribution < -0.4 is 10.5 Å². The van der Waals surface area contributed by atoms with Gasteiger partial charge < -0.3 is 14.1 Å². The van der Waals surface area contributed by atoms with Gasteiger partial charge >= 0.3 is 5.63 Å². The fraction of sp³-hybridized carbons (Fsp3) is 0.471. The predicted molar refractivity (Wildman–Crippen MR) is 81.6 cm³/mol. The molecule has 0 bridgehead atoms. The summed E-state index contributed by atoms with van der Waals surface area (Å²) in [5.74, 6) is 0. The van der Waals surface area contributed by atoms with Gasteiger partial charge in [0, 0.05) is 17.0 Å². The molecule has 3 rings (SSSR count). The topological polar surface area (TPSA) is 43.9 Å². The average molecular weight is 288 g/mol. The lowest BCUT2D eigenvalue weighted by Gasteiger charge is -2.32. The second kappa shape index (κ2) is 5.62. The molecule has 1 fully saturated rings. The van der Waals surface area contributed by atoms with Gasteiger partial charge in [-0.25, -0.2) is 4.79 Å². The molecule has 1 saturated heterocycles. The Morgan fingerprint density at radius 3 is 2.62 bits per heavy atom. The summed E-state index contributed by atoms with van der Waals surface area (Å²) in [5, 5.41) is 1.05. The average Bonchev–Trinajstić information content (AvgIpc) is 2.38. The van der Waals surface area contributed by atoms with Gasteiger partial charge in [0.1, 0.15) is 37.4 Å². The van der Waals surface area contributed by atoms with E-state index in [-0.39, 0.29) is 17.8 Å². The Morgan fingerprint density at radius 1 is 1.19 bits per heavy atom. The van der Waals surface area contributed by atoms with E-state index >= 15 is 0 Å². The lowest BCUT2D eigenvalue weighted by Crippen LogP contribution is -3.14. The molecule has 112 valence electrons. The maximum atomic E-state index is 11.8. The Hall–Kier alpha value is -1.65.